The molecule has 0 spiro atoms. The van der Waals surface area contributed by atoms with Gasteiger partial charge in [0.05, 0.1) is 19.2 Å². The van der Waals surface area contributed by atoms with Gasteiger partial charge >= 0.3 is 0 Å². The van der Waals surface area contributed by atoms with Crippen molar-refractivity contribution in [2.24, 2.45) is 11.1 Å². The Morgan fingerprint density at radius 2 is 1.83 bits per heavy atom. The van der Waals surface area contributed by atoms with Crippen LogP contribution in [0.2, 0.25) is 5.02 Å². The molecule has 0 radical (unpaired) electrons. The summed E-state index contributed by atoms with van der Waals surface area (Å²) in [5.74, 6) is 0.709. The number of hydrogen-bond acceptors (Lipinski definition) is 5. The molecule has 2 rings (SSSR count). The van der Waals surface area contributed by atoms with Crippen molar-refractivity contribution in [1.82, 2.24) is 4.31 Å². The highest BCUT2D eigenvalue weighted by atomic mass is 35.5. The fraction of sp³-hybridized carbons (Fsp3) is 0.600. The molecule has 2 N–H and O–H groups in total. The van der Waals surface area contributed by atoms with Crippen LogP contribution in [0.15, 0.2) is 17.0 Å². The first-order valence-electron chi connectivity index (χ1n) is 7.30. The van der Waals surface area contributed by atoms with E-state index in [0.717, 1.165) is 0 Å². The quantitative estimate of drug-likeness (QED) is 0.887. The minimum absolute atomic E-state index is 0.0167. The van der Waals surface area contributed by atoms with Crippen molar-refractivity contribution in [3.8, 4) is 11.5 Å². The highest BCUT2D eigenvalue weighted by molar-refractivity contribution is 7.89. The molecule has 1 saturated heterocycles. The molecule has 1 fully saturated rings. The molecule has 0 bridgehead atoms. The van der Waals surface area contributed by atoms with Gasteiger partial charge in [-0.3, -0.25) is 0 Å². The summed E-state index contributed by atoms with van der Waals surface area (Å²) in [5, 5.41) is 0.107. The topological polar surface area (TPSA) is 81.9 Å². The summed E-state index contributed by atoms with van der Waals surface area (Å²) in [5.41, 5.74) is 5.79. The lowest BCUT2D eigenvalue weighted by Crippen LogP contribution is -2.53. The first kappa shape index (κ1) is 18.3. The third-order valence-electron chi connectivity index (χ3n) is 4.33. The van der Waals surface area contributed by atoms with Gasteiger partial charge in [0.15, 0.2) is 11.5 Å². The van der Waals surface area contributed by atoms with E-state index in [2.05, 4.69) is 0 Å². The van der Waals surface area contributed by atoms with Gasteiger partial charge in [-0.25, -0.2) is 8.42 Å². The molecule has 8 heteroatoms. The molecule has 0 aliphatic carbocycles. The third-order valence-corrected chi connectivity index (χ3v) is 6.64. The molecule has 130 valence electrons. The molecule has 1 heterocycles. The molecule has 1 aliphatic heterocycles. The van der Waals surface area contributed by atoms with Crippen LogP contribution in [0.1, 0.15) is 20.3 Å². The predicted molar refractivity (Wildman–Crippen MR) is 89.7 cm³/mol. The van der Waals surface area contributed by atoms with Gasteiger partial charge in [0.25, 0.3) is 0 Å². The van der Waals surface area contributed by atoms with Gasteiger partial charge in [0.2, 0.25) is 10.0 Å². The van der Waals surface area contributed by atoms with Gasteiger partial charge in [-0.2, -0.15) is 4.31 Å². The summed E-state index contributed by atoms with van der Waals surface area (Å²) >= 11 is 6.17. The molecule has 6 nitrogen and oxygen atoms in total. The summed E-state index contributed by atoms with van der Waals surface area (Å²) in [4.78, 5) is 0.0167. The van der Waals surface area contributed by atoms with Crippen LogP contribution in [0.5, 0.6) is 11.5 Å². The summed E-state index contributed by atoms with van der Waals surface area (Å²) in [6.45, 7) is 4.66. The summed E-state index contributed by atoms with van der Waals surface area (Å²) < 4.78 is 37.7. The second-order valence-electron chi connectivity index (χ2n) is 6.36. The SMILES string of the molecule is COc1cc(Cl)c(S(=O)(=O)N2CCC(N)C(C)(C)C2)cc1OC. The molecule has 1 aromatic rings. The summed E-state index contributed by atoms with van der Waals surface area (Å²) in [6.07, 6.45) is 0.608. The normalized spacial score (nSPS) is 21.9. The van der Waals surface area contributed by atoms with Crippen LogP contribution >= 0.6 is 11.6 Å². The number of sulfonamides is 1. The average molecular weight is 363 g/mol. The molecule has 23 heavy (non-hydrogen) atoms. The Labute approximate surface area is 142 Å². The van der Waals surface area contributed by atoms with E-state index in [4.69, 9.17) is 26.8 Å². The van der Waals surface area contributed by atoms with Crippen LogP contribution < -0.4 is 15.2 Å². The highest BCUT2D eigenvalue weighted by Crippen LogP contribution is 2.38. The first-order chi connectivity index (χ1) is 10.6. The second kappa shape index (κ2) is 6.47. The van der Waals surface area contributed by atoms with Crippen LogP contribution in [-0.2, 0) is 10.0 Å². The van der Waals surface area contributed by atoms with E-state index in [9.17, 15) is 8.42 Å². The monoisotopic (exact) mass is 362 g/mol. The molecular formula is C15H23ClN2O4S. The second-order valence-corrected chi connectivity index (χ2v) is 8.67. The van der Waals surface area contributed by atoms with Crippen molar-refractivity contribution in [2.75, 3.05) is 27.3 Å². The smallest absolute Gasteiger partial charge is 0.244 e. The lowest BCUT2D eigenvalue weighted by atomic mass is 9.81. The van der Waals surface area contributed by atoms with Crippen molar-refractivity contribution in [3.05, 3.63) is 17.2 Å². The van der Waals surface area contributed by atoms with Crippen LogP contribution in [0.3, 0.4) is 0 Å². The Kier molecular flexibility index (Phi) is 5.15. The minimum atomic E-state index is -3.73. The third kappa shape index (κ3) is 3.42. The zero-order chi connectivity index (χ0) is 17.4. The number of piperidine rings is 1. The Hall–Kier alpha value is -1.02. The predicted octanol–water partition coefficient (Wildman–Crippen LogP) is 2.11. The molecule has 1 atom stereocenters. The van der Waals surface area contributed by atoms with Crippen LogP contribution in [0.25, 0.3) is 0 Å². The van der Waals surface area contributed by atoms with E-state index in [1.54, 1.807) is 0 Å². The van der Waals surface area contributed by atoms with Crippen molar-refractivity contribution >= 4 is 21.6 Å². The molecule has 1 aliphatic rings. The Bertz CT molecular complexity index is 691. The molecule has 1 aromatic carbocycles. The maximum atomic E-state index is 13.0. The molecular weight excluding hydrogens is 340 g/mol. The largest absolute Gasteiger partial charge is 0.493 e. The Balaban J connectivity index is 2.44. The van der Waals surface area contributed by atoms with Gasteiger partial charge in [-0.15, -0.1) is 0 Å². The molecule has 0 aromatic heterocycles. The number of benzene rings is 1. The fourth-order valence-electron chi connectivity index (χ4n) is 2.70. The maximum Gasteiger partial charge on any atom is 0.244 e. The highest BCUT2D eigenvalue weighted by Gasteiger charge is 2.39. The van der Waals surface area contributed by atoms with Gasteiger partial charge in [-0.05, 0) is 11.8 Å². The lowest BCUT2D eigenvalue weighted by Gasteiger charge is -2.41. The van der Waals surface area contributed by atoms with Gasteiger partial charge in [0.1, 0.15) is 4.90 Å². The van der Waals surface area contributed by atoms with Crippen molar-refractivity contribution in [3.63, 3.8) is 0 Å². The summed E-state index contributed by atoms with van der Waals surface area (Å²) in [6, 6.07) is 2.82. The molecule has 0 amide bonds. The number of ether oxygens (including phenoxy) is 2. The Morgan fingerprint density at radius 3 is 2.35 bits per heavy atom. The minimum Gasteiger partial charge on any atom is -0.493 e. The van der Waals surface area contributed by atoms with E-state index in [1.165, 1.54) is 30.7 Å². The fourth-order valence-corrected chi connectivity index (χ4v) is 4.84. The number of nitrogens with two attached hydrogens (primary N) is 1. The number of methoxy groups -OCH3 is 2. The van der Waals surface area contributed by atoms with Gasteiger partial charge in [-0.1, -0.05) is 25.4 Å². The van der Waals surface area contributed by atoms with Gasteiger partial charge in [0, 0.05) is 31.3 Å². The van der Waals surface area contributed by atoms with Crippen LogP contribution in [0.4, 0.5) is 0 Å². The Morgan fingerprint density at radius 1 is 1.26 bits per heavy atom. The zero-order valence-electron chi connectivity index (χ0n) is 13.8. The van der Waals surface area contributed by atoms with E-state index in [1.807, 2.05) is 13.8 Å². The first-order valence-corrected chi connectivity index (χ1v) is 9.12. The lowest BCUT2D eigenvalue weighted by molar-refractivity contribution is 0.155. The zero-order valence-corrected chi connectivity index (χ0v) is 15.4. The van der Waals surface area contributed by atoms with Crippen molar-refractivity contribution in [2.45, 2.75) is 31.2 Å². The maximum absolute atomic E-state index is 13.0. The molecule has 0 saturated carbocycles. The van der Waals surface area contributed by atoms with E-state index in [-0.39, 0.29) is 21.4 Å². The number of halogens is 1. The van der Waals surface area contributed by atoms with Crippen LogP contribution in [0, 0.1) is 5.41 Å². The van der Waals surface area contributed by atoms with Crippen LogP contribution in [-0.4, -0.2) is 46.1 Å². The molecule has 1 unspecified atom stereocenters. The number of hydrogen-bond donors (Lipinski definition) is 1. The van der Waals surface area contributed by atoms with E-state index in [0.29, 0.717) is 31.0 Å². The number of rotatable bonds is 4. The average Bonchev–Trinajstić information content (AvgIpc) is 2.49. The standard InChI is InChI=1S/C15H23ClN2O4S/c1-15(2)9-18(6-5-14(15)17)23(19,20)13-8-12(22-4)11(21-3)7-10(13)16/h7-8,14H,5-6,9,17H2,1-4H3. The van der Waals surface area contributed by atoms with E-state index >= 15 is 0 Å². The summed E-state index contributed by atoms with van der Waals surface area (Å²) in [7, 11) is -0.816. The van der Waals surface area contributed by atoms with Crippen molar-refractivity contribution < 1.29 is 17.9 Å². The van der Waals surface area contributed by atoms with Gasteiger partial charge < -0.3 is 15.2 Å². The van der Waals surface area contributed by atoms with Crippen molar-refractivity contribution in [1.29, 1.82) is 0 Å². The van der Waals surface area contributed by atoms with E-state index < -0.39 is 10.0 Å². The number of nitrogens with zero attached hydrogens (tertiary/aromatic N) is 1.